The molecule has 0 radical (unpaired) electrons. The number of ether oxygens (including phenoxy) is 1. The van der Waals surface area contributed by atoms with Crippen LogP contribution in [0.15, 0.2) is 47.7 Å². The van der Waals surface area contributed by atoms with Crippen molar-refractivity contribution in [1.29, 1.82) is 0 Å². The summed E-state index contributed by atoms with van der Waals surface area (Å²) in [5.41, 5.74) is 2.29. The number of nitrogens with one attached hydrogen (secondary N) is 2. The number of rotatable bonds is 9. The highest BCUT2D eigenvalue weighted by Crippen LogP contribution is 2.07. The van der Waals surface area contributed by atoms with Gasteiger partial charge in [-0.3, -0.25) is 9.89 Å². The maximum atomic E-state index is 5.39. The Morgan fingerprint density at radius 1 is 1.18 bits per heavy atom. The van der Waals surface area contributed by atoms with Gasteiger partial charge in [0.15, 0.2) is 5.96 Å². The molecule has 2 aromatic rings. The molecule has 0 spiro atoms. The van der Waals surface area contributed by atoms with Crippen LogP contribution in [0.3, 0.4) is 0 Å². The van der Waals surface area contributed by atoms with Gasteiger partial charge in [-0.05, 0) is 37.5 Å². The van der Waals surface area contributed by atoms with Crippen molar-refractivity contribution in [1.82, 2.24) is 25.3 Å². The van der Waals surface area contributed by atoms with Crippen LogP contribution in [0.1, 0.15) is 18.9 Å². The van der Waals surface area contributed by atoms with Gasteiger partial charge in [-0.15, -0.1) is 0 Å². The van der Waals surface area contributed by atoms with Crippen molar-refractivity contribution in [3.63, 3.8) is 0 Å². The molecule has 28 heavy (non-hydrogen) atoms. The molecule has 0 amide bonds. The summed E-state index contributed by atoms with van der Waals surface area (Å²) in [6, 6.07) is 10.2. The second kappa shape index (κ2) is 11.5. The highest BCUT2D eigenvalue weighted by atomic mass is 16.5. The van der Waals surface area contributed by atoms with E-state index in [4.69, 9.17) is 9.73 Å². The molecule has 1 saturated heterocycles. The molecule has 0 saturated carbocycles. The van der Waals surface area contributed by atoms with Crippen LogP contribution in [0.25, 0.3) is 5.69 Å². The highest BCUT2D eigenvalue weighted by Gasteiger charge is 2.09. The molecule has 7 nitrogen and oxygen atoms in total. The summed E-state index contributed by atoms with van der Waals surface area (Å²) in [5.74, 6) is 0.889. The molecule has 0 unspecified atom stereocenters. The molecule has 0 aliphatic carbocycles. The fourth-order valence-electron chi connectivity index (χ4n) is 3.19. The first-order valence-corrected chi connectivity index (χ1v) is 10.3. The van der Waals surface area contributed by atoms with E-state index in [1.54, 1.807) is 0 Å². The number of morpholine rings is 1. The van der Waals surface area contributed by atoms with Gasteiger partial charge in [0.1, 0.15) is 0 Å². The third-order valence-corrected chi connectivity index (χ3v) is 4.71. The molecule has 7 heteroatoms. The summed E-state index contributed by atoms with van der Waals surface area (Å²) in [7, 11) is 0. The zero-order valence-electron chi connectivity index (χ0n) is 16.8. The van der Waals surface area contributed by atoms with Gasteiger partial charge in [0.05, 0.1) is 25.1 Å². The zero-order chi connectivity index (χ0) is 19.4. The molecular weight excluding hydrogens is 352 g/mol. The fraction of sp³-hybridized carbons (Fsp3) is 0.524. The standard InChI is InChI=1S/C21H32N6O/c1-2-22-21(23-10-6-12-26-13-15-28-16-14-26)24-11-9-19-17-25-27(18-19)20-7-4-3-5-8-20/h3-5,7-8,17-18H,2,6,9-16H2,1H3,(H2,22,23,24). The van der Waals surface area contributed by atoms with Crippen molar-refractivity contribution in [2.75, 3.05) is 52.5 Å². The third kappa shape index (κ3) is 6.65. The Labute approximate surface area is 167 Å². The van der Waals surface area contributed by atoms with E-state index in [-0.39, 0.29) is 0 Å². The lowest BCUT2D eigenvalue weighted by Crippen LogP contribution is -2.39. The first-order valence-electron chi connectivity index (χ1n) is 10.3. The Kier molecular flexibility index (Phi) is 8.33. The molecule has 1 aliphatic heterocycles. The maximum absolute atomic E-state index is 5.39. The normalized spacial score (nSPS) is 15.5. The smallest absolute Gasteiger partial charge is 0.191 e. The first kappa shape index (κ1) is 20.4. The van der Waals surface area contributed by atoms with Crippen molar-refractivity contribution < 1.29 is 4.74 Å². The van der Waals surface area contributed by atoms with E-state index < -0.39 is 0 Å². The van der Waals surface area contributed by atoms with E-state index in [1.165, 1.54) is 5.56 Å². The van der Waals surface area contributed by atoms with E-state index in [0.717, 1.165) is 77.0 Å². The van der Waals surface area contributed by atoms with Gasteiger partial charge in [-0.1, -0.05) is 18.2 Å². The van der Waals surface area contributed by atoms with E-state index in [2.05, 4.69) is 45.9 Å². The van der Waals surface area contributed by atoms with Gasteiger partial charge >= 0.3 is 0 Å². The van der Waals surface area contributed by atoms with Crippen LogP contribution in [-0.4, -0.2) is 73.1 Å². The first-order chi connectivity index (χ1) is 13.8. The Morgan fingerprint density at radius 2 is 2.00 bits per heavy atom. The van der Waals surface area contributed by atoms with Crippen LogP contribution in [0, 0.1) is 0 Å². The van der Waals surface area contributed by atoms with Crippen molar-refractivity contribution in [2.24, 2.45) is 4.99 Å². The predicted octanol–water partition coefficient (Wildman–Crippen LogP) is 1.69. The minimum atomic E-state index is 0.829. The number of para-hydroxylation sites is 1. The molecular formula is C21H32N6O. The van der Waals surface area contributed by atoms with Gasteiger partial charge in [-0.2, -0.15) is 5.10 Å². The summed E-state index contributed by atoms with van der Waals surface area (Å²) in [5, 5.41) is 11.2. The topological polar surface area (TPSA) is 66.7 Å². The van der Waals surface area contributed by atoms with Crippen LogP contribution in [0.2, 0.25) is 0 Å². The number of hydrogen-bond acceptors (Lipinski definition) is 4. The summed E-state index contributed by atoms with van der Waals surface area (Å²) >= 11 is 0. The maximum Gasteiger partial charge on any atom is 0.191 e. The van der Waals surface area contributed by atoms with Gasteiger partial charge in [0, 0.05) is 45.5 Å². The van der Waals surface area contributed by atoms with Gasteiger partial charge in [-0.25, -0.2) is 4.68 Å². The number of benzene rings is 1. The number of nitrogens with zero attached hydrogens (tertiary/aromatic N) is 4. The van der Waals surface area contributed by atoms with E-state index >= 15 is 0 Å². The van der Waals surface area contributed by atoms with Crippen molar-refractivity contribution in [3.05, 3.63) is 48.3 Å². The predicted molar refractivity (Wildman–Crippen MR) is 113 cm³/mol. The molecule has 2 heterocycles. The number of hydrogen-bond donors (Lipinski definition) is 2. The Balaban J connectivity index is 1.40. The largest absolute Gasteiger partial charge is 0.379 e. The van der Waals surface area contributed by atoms with Gasteiger partial charge in [0.25, 0.3) is 0 Å². The molecule has 0 bridgehead atoms. The average Bonchev–Trinajstić information content (AvgIpc) is 3.21. The molecule has 0 atom stereocenters. The second-order valence-electron chi connectivity index (χ2n) is 6.87. The SMILES string of the molecule is CCNC(=NCCCN1CCOCC1)NCCc1cnn(-c2ccccc2)c1. The molecule has 1 aliphatic rings. The lowest BCUT2D eigenvalue weighted by Gasteiger charge is -2.26. The monoisotopic (exact) mass is 384 g/mol. The lowest BCUT2D eigenvalue weighted by atomic mass is 10.2. The van der Waals surface area contributed by atoms with Crippen molar-refractivity contribution >= 4 is 5.96 Å². The zero-order valence-corrected chi connectivity index (χ0v) is 16.8. The quantitative estimate of drug-likeness (QED) is 0.391. The molecule has 1 aromatic carbocycles. The minimum Gasteiger partial charge on any atom is -0.379 e. The van der Waals surface area contributed by atoms with Crippen LogP contribution in [-0.2, 0) is 11.2 Å². The molecule has 1 fully saturated rings. The summed E-state index contributed by atoms with van der Waals surface area (Å²) < 4.78 is 7.31. The number of aliphatic imine (C=N–C) groups is 1. The van der Waals surface area contributed by atoms with Crippen LogP contribution in [0.5, 0.6) is 0 Å². The summed E-state index contributed by atoms with van der Waals surface area (Å²) in [6.07, 6.45) is 6.00. The molecule has 3 rings (SSSR count). The Morgan fingerprint density at radius 3 is 2.79 bits per heavy atom. The minimum absolute atomic E-state index is 0.829. The Hall–Kier alpha value is -2.38. The van der Waals surface area contributed by atoms with E-state index in [0.29, 0.717) is 0 Å². The van der Waals surface area contributed by atoms with Crippen LogP contribution >= 0.6 is 0 Å². The van der Waals surface area contributed by atoms with Crippen LogP contribution < -0.4 is 10.6 Å². The summed E-state index contributed by atoms with van der Waals surface area (Å²) in [6.45, 7) is 9.50. The van der Waals surface area contributed by atoms with Crippen molar-refractivity contribution in [3.8, 4) is 5.69 Å². The molecule has 1 aromatic heterocycles. The van der Waals surface area contributed by atoms with E-state index in [1.807, 2.05) is 29.1 Å². The lowest BCUT2D eigenvalue weighted by molar-refractivity contribution is 0.0377. The fourth-order valence-corrected chi connectivity index (χ4v) is 3.19. The second-order valence-corrected chi connectivity index (χ2v) is 6.87. The number of guanidine groups is 1. The van der Waals surface area contributed by atoms with Crippen molar-refractivity contribution in [2.45, 2.75) is 19.8 Å². The molecule has 2 N–H and O–H groups in total. The summed E-state index contributed by atoms with van der Waals surface area (Å²) in [4.78, 5) is 7.15. The highest BCUT2D eigenvalue weighted by molar-refractivity contribution is 5.79. The van der Waals surface area contributed by atoms with Gasteiger partial charge < -0.3 is 15.4 Å². The third-order valence-electron chi connectivity index (χ3n) is 4.71. The average molecular weight is 385 g/mol. The Bertz CT molecular complexity index is 709. The van der Waals surface area contributed by atoms with E-state index in [9.17, 15) is 0 Å². The van der Waals surface area contributed by atoms with Gasteiger partial charge in [0.2, 0.25) is 0 Å². The van der Waals surface area contributed by atoms with Crippen LogP contribution in [0.4, 0.5) is 0 Å². The molecule has 152 valence electrons. The number of aromatic nitrogens is 2.